The lowest BCUT2D eigenvalue weighted by Gasteiger charge is -2.12. The van der Waals surface area contributed by atoms with Gasteiger partial charge in [0.25, 0.3) is 5.56 Å². The van der Waals surface area contributed by atoms with Gasteiger partial charge in [-0.05, 0) is 26.8 Å². The molecule has 3 rings (SSSR count). The number of aromatic nitrogens is 2. The van der Waals surface area contributed by atoms with E-state index in [1.807, 2.05) is 25.3 Å². The van der Waals surface area contributed by atoms with Crippen LogP contribution in [0.1, 0.15) is 35.7 Å². The summed E-state index contributed by atoms with van der Waals surface area (Å²) in [6, 6.07) is 3.76. The maximum absolute atomic E-state index is 11.9. The fourth-order valence-corrected chi connectivity index (χ4v) is 3.17. The minimum absolute atomic E-state index is 0.0407. The first kappa shape index (κ1) is 14.0. The Labute approximate surface area is 126 Å². The molecule has 0 fully saturated rings. The highest BCUT2D eigenvalue weighted by molar-refractivity contribution is 7.15. The number of hydrogen-bond acceptors (Lipinski definition) is 5. The number of fused-ring (bicyclic) bond motifs is 1. The lowest BCUT2D eigenvalue weighted by Crippen LogP contribution is -2.21. The van der Waals surface area contributed by atoms with Crippen molar-refractivity contribution in [2.24, 2.45) is 0 Å². The highest BCUT2D eigenvalue weighted by atomic mass is 32.1. The van der Waals surface area contributed by atoms with Gasteiger partial charge in [-0.25, -0.2) is 4.98 Å². The van der Waals surface area contributed by atoms with E-state index >= 15 is 0 Å². The van der Waals surface area contributed by atoms with Crippen LogP contribution >= 0.6 is 11.3 Å². The summed E-state index contributed by atoms with van der Waals surface area (Å²) >= 11 is 1.46. The summed E-state index contributed by atoms with van der Waals surface area (Å²) in [5.41, 5.74) is 1.86. The Morgan fingerprint density at radius 1 is 1.43 bits per heavy atom. The molecule has 3 aromatic rings. The Morgan fingerprint density at radius 3 is 2.95 bits per heavy atom. The lowest BCUT2D eigenvalue weighted by atomic mass is 10.1. The fraction of sp³-hybridized carbons (Fsp3) is 0.333. The average molecular weight is 303 g/mol. The van der Waals surface area contributed by atoms with Gasteiger partial charge >= 0.3 is 0 Å². The molecular weight excluding hydrogens is 286 g/mol. The molecule has 1 unspecified atom stereocenters. The second-order valence-electron chi connectivity index (χ2n) is 5.11. The van der Waals surface area contributed by atoms with Crippen LogP contribution in [0.2, 0.25) is 0 Å². The van der Waals surface area contributed by atoms with E-state index in [-0.39, 0.29) is 11.6 Å². The lowest BCUT2D eigenvalue weighted by molar-refractivity contribution is 0.489. The van der Waals surface area contributed by atoms with Gasteiger partial charge in [0.1, 0.15) is 11.5 Å². The summed E-state index contributed by atoms with van der Waals surface area (Å²) in [6.45, 7) is 6.53. The van der Waals surface area contributed by atoms with Gasteiger partial charge in [0.05, 0.1) is 5.69 Å². The van der Waals surface area contributed by atoms with E-state index < -0.39 is 0 Å². The van der Waals surface area contributed by atoms with Crippen LogP contribution < -0.4 is 10.9 Å². The molecular formula is C15H17N3O2S. The SMILES string of the molecule is Cc1cc(C(C)NCc2cc(=O)n3ccsc3n2)c(C)o1. The van der Waals surface area contributed by atoms with Crippen molar-refractivity contribution in [2.75, 3.05) is 0 Å². The summed E-state index contributed by atoms with van der Waals surface area (Å²) in [6.07, 6.45) is 1.74. The zero-order valence-electron chi connectivity index (χ0n) is 12.2. The molecule has 0 spiro atoms. The summed E-state index contributed by atoms with van der Waals surface area (Å²) in [5.74, 6) is 1.83. The maximum Gasteiger partial charge on any atom is 0.258 e. The molecule has 1 N–H and O–H groups in total. The molecule has 1 atom stereocenters. The third-order valence-electron chi connectivity index (χ3n) is 3.49. The van der Waals surface area contributed by atoms with Gasteiger partial charge in [-0.2, -0.15) is 0 Å². The number of hydrogen-bond donors (Lipinski definition) is 1. The highest BCUT2D eigenvalue weighted by Crippen LogP contribution is 2.21. The Kier molecular flexibility index (Phi) is 3.65. The van der Waals surface area contributed by atoms with E-state index in [0.29, 0.717) is 6.54 Å². The summed E-state index contributed by atoms with van der Waals surface area (Å²) in [7, 11) is 0. The van der Waals surface area contributed by atoms with Crippen LogP contribution in [0.15, 0.2) is 32.9 Å². The predicted octanol–water partition coefficient (Wildman–Crippen LogP) is 2.82. The summed E-state index contributed by atoms with van der Waals surface area (Å²) < 4.78 is 7.10. The molecule has 0 aliphatic carbocycles. The van der Waals surface area contributed by atoms with Gasteiger partial charge in [0.15, 0.2) is 4.96 Å². The van der Waals surface area contributed by atoms with Gasteiger partial charge < -0.3 is 9.73 Å². The van der Waals surface area contributed by atoms with Gasteiger partial charge in [0.2, 0.25) is 0 Å². The molecule has 3 aromatic heterocycles. The molecule has 110 valence electrons. The largest absolute Gasteiger partial charge is 0.466 e. The van der Waals surface area contributed by atoms with Crippen LogP contribution in [0.4, 0.5) is 0 Å². The molecule has 0 bridgehead atoms. The maximum atomic E-state index is 11.9. The predicted molar refractivity (Wildman–Crippen MR) is 82.8 cm³/mol. The molecule has 0 saturated carbocycles. The van der Waals surface area contributed by atoms with Gasteiger partial charge in [-0.1, -0.05) is 0 Å². The van der Waals surface area contributed by atoms with Crippen molar-refractivity contribution in [3.63, 3.8) is 0 Å². The molecule has 3 heterocycles. The van der Waals surface area contributed by atoms with Crippen molar-refractivity contribution in [3.05, 3.63) is 56.8 Å². The van der Waals surface area contributed by atoms with Crippen molar-refractivity contribution in [3.8, 4) is 0 Å². The third-order valence-corrected chi connectivity index (χ3v) is 4.25. The first-order valence-electron chi connectivity index (χ1n) is 6.80. The molecule has 0 amide bonds. The van der Waals surface area contributed by atoms with E-state index in [0.717, 1.165) is 27.7 Å². The summed E-state index contributed by atoms with van der Waals surface area (Å²) in [4.78, 5) is 17.1. The first-order chi connectivity index (χ1) is 10.0. The third kappa shape index (κ3) is 2.77. The number of furan rings is 1. The molecule has 5 nitrogen and oxygen atoms in total. The summed E-state index contributed by atoms with van der Waals surface area (Å²) in [5, 5.41) is 5.25. The first-order valence-corrected chi connectivity index (χ1v) is 7.68. The van der Waals surface area contributed by atoms with E-state index in [1.54, 1.807) is 16.7 Å². The highest BCUT2D eigenvalue weighted by Gasteiger charge is 2.13. The van der Waals surface area contributed by atoms with E-state index in [2.05, 4.69) is 17.2 Å². The van der Waals surface area contributed by atoms with Crippen molar-refractivity contribution in [2.45, 2.75) is 33.4 Å². The number of nitrogens with one attached hydrogen (secondary N) is 1. The molecule has 0 aliphatic heterocycles. The zero-order valence-corrected chi connectivity index (χ0v) is 13.0. The molecule has 6 heteroatoms. The number of aryl methyl sites for hydroxylation is 2. The Morgan fingerprint density at radius 2 is 2.24 bits per heavy atom. The standard InChI is InChI=1S/C15H17N3O2S/c1-9-6-13(11(3)20-9)10(2)16-8-12-7-14(19)18-4-5-21-15(18)17-12/h4-7,10,16H,8H2,1-3H3. The van der Waals surface area contributed by atoms with E-state index in [9.17, 15) is 4.79 Å². The van der Waals surface area contributed by atoms with Crippen LogP contribution in [0.25, 0.3) is 4.96 Å². The second-order valence-corrected chi connectivity index (χ2v) is 5.99. The molecule has 0 aliphatic rings. The normalized spacial score (nSPS) is 12.9. The quantitative estimate of drug-likeness (QED) is 0.805. The van der Waals surface area contributed by atoms with Crippen LogP contribution in [0.5, 0.6) is 0 Å². The minimum atomic E-state index is -0.0407. The second kappa shape index (κ2) is 5.46. The van der Waals surface area contributed by atoms with Crippen molar-refractivity contribution in [1.82, 2.24) is 14.7 Å². The van der Waals surface area contributed by atoms with Gasteiger partial charge in [-0.15, -0.1) is 11.3 Å². The average Bonchev–Trinajstić information content (AvgIpc) is 3.02. The Bertz CT molecular complexity index is 831. The number of thiazole rings is 1. The number of nitrogens with zero attached hydrogens (tertiary/aromatic N) is 2. The Hall–Kier alpha value is -1.92. The molecule has 21 heavy (non-hydrogen) atoms. The van der Waals surface area contributed by atoms with E-state index in [4.69, 9.17) is 4.42 Å². The van der Waals surface area contributed by atoms with Crippen molar-refractivity contribution in [1.29, 1.82) is 0 Å². The molecule has 0 aromatic carbocycles. The van der Waals surface area contributed by atoms with Crippen molar-refractivity contribution < 1.29 is 4.42 Å². The topological polar surface area (TPSA) is 59.5 Å². The van der Waals surface area contributed by atoms with E-state index in [1.165, 1.54) is 11.3 Å². The fourth-order valence-electron chi connectivity index (χ4n) is 2.43. The monoisotopic (exact) mass is 303 g/mol. The molecule has 0 saturated heterocycles. The molecule has 0 radical (unpaired) electrons. The smallest absolute Gasteiger partial charge is 0.258 e. The van der Waals surface area contributed by atoms with Crippen LogP contribution in [-0.4, -0.2) is 9.38 Å². The van der Waals surface area contributed by atoms with Crippen LogP contribution in [0, 0.1) is 13.8 Å². The Balaban J connectivity index is 1.77. The van der Waals surface area contributed by atoms with Crippen LogP contribution in [-0.2, 0) is 6.54 Å². The van der Waals surface area contributed by atoms with Gasteiger partial charge in [0, 0.05) is 35.8 Å². The van der Waals surface area contributed by atoms with Gasteiger partial charge in [-0.3, -0.25) is 9.20 Å². The minimum Gasteiger partial charge on any atom is -0.466 e. The van der Waals surface area contributed by atoms with Crippen LogP contribution in [0.3, 0.4) is 0 Å². The zero-order chi connectivity index (χ0) is 15.0. The van der Waals surface area contributed by atoms with Crippen molar-refractivity contribution >= 4 is 16.3 Å². The number of rotatable bonds is 4.